The molecule has 0 aromatic heterocycles. The van der Waals surface area contributed by atoms with Gasteiger partial charge in [-0.05, 0) is 44.2 Å². The van der Waals surface area contributed by atoms with Crippen LogP contribution in [-0.2, 0) is 4.79 Å². The fraction of sp³-hybridized carbons (Fsp3) is 0.263. The minimum atomic E-state index is -0.145. The zero-order valence-electron chi connectivity index (χ0n) is 14.1. The average molecular weight is 325 g/mol. The topological polar surface area (TPSA) is 61.4 Å². The summed E-state index contributed by atoms with van der Waals surface area (Å²) in [6, 6.07) is 16.7. The molecule has 0 aliphatic rings. The van der Waals surface area contributed by atoms with Gasteiger partial charge >= 0.3 is 0 Å². The lowest BCUT2D eigenvalue weighted by Crippen LogP contribution is -2.33. The number of rotatable bonds is 7. The molecule has 2 aromatic rings. The Morgan fingerprint density at radius 3 is 2.42 bits per heavy atom. The quantitative estimate of drug-likeness (QED) is 0.823. The van der Waals surface area contributed by atoms with Crippen molar-refractivity contribution in [3.8, 4) is 0 Å². The predicted molar refractivity (Wildman–Crippen MR) is 97.4 cm³/mol. The second-order valence-electron chi connectivity index (χ2n) is 5.34. The van der Waals surface area contributed by atoms with Gasteiger partial charge in [0.05, 0.1) is 6.54 Å². The summed E-state index contributed by atoms with van der Waals surface area (Å²) in [5, 5.41) is 5.60. The largest absolute Gasteiger partial charge is 0.362 e. The predicted octanol–water partition coefficient (Wildman–Crippen LogP) is 2.90. The van der Waals surface area contributed by atoms with Gasteiger partial charge in [-0.2, -0.15) is 0 Å². The molecule has 5 heteroatoms. The van der Waals surface area contributed by atoms with Crippen LogP contribution in [0.25, 0.3) is 0 Å². The van der Waals surface area contributed by atoms with E-state index in [2.05, 4.69) is 10.6 Å². The van der Waals surface area contributed by atoms with E-state index in [1.165, 1.54) is 0 Å². The van der Waals surface area contributed by atoms with Gasteiger partial charge in [0.1, 0.15) is 0 Å². The van der Waals surface area contributed by atoms with E-state index >= 15 is 0 Å². The van der Waals surface area contributed by atoms with Crippen molar-refractivity contribution >= 4 is 23.2 Å². The summed E-state index contributed by atoms with van der Waals surface area (Å²) in [6.45, 7) is 5.43. The highest BCUT2D eigenvalue weighted by Gasteiger charge is 2.11. The monoisotopic (exact) mass is 325 g/mol. The van der Waals surface area contributed by atoms with Gasteiger partial charge in [-0.25, -0.2) is 0 Å². The number of anilines is 2. The van der Waals surface area contributed by atoms with Gasteiger partial charge in [-0.15, -0.1) is 0 Å². The summed E-state index contributed by atoms with van der Waals surface area (Å²) in [6.07, 6.45) is 0. The highest BCUT2D eigenvalue weighted by atomic mass is 16.2. The van der Waals surface area contributed by atoms with Crippen molar-refractivity contribution in [2.75, 3.05) is 29.9 Å². The van der Waals surface area contributed by atoms with Crippen molar-refractivity contribution in [2.24, 2.45) is 0 Å². The van der Waals surface area contributed by atoms with Crippen LogP contribution >= 0.6 is 0 Å². The Morgan fingerprint density at radius 2 is 1.75 bits per heavy atom. The molecular formula is C19H23N3O2. The lowest BCUT2D eigenvalue weighted by atomic mass is 10.2. The number of carbonyl (C=O) groups excluding carboxylic acids is 2. The third kappa shape index (κ3) is 4.84. The fourth-order valence-electron chi connectivity index (χ4n) is 2.40. The van der Waals surface area contributed by atoms with Crippen molar-refractivity contribution in [2.45, 2.75) is 13.8 Å². The maximum atomic E-state index is 12.3. The van der Waals surface area contributed by atoms with Crippen LogP contribution in [0.5, 0.6) is 0 Å². The smallest absolute Gasteiger partial charge is 0.251 e. The fourth-order valence-corrected chi connectivity index (χ4v) is 2.40. The highest BCUT2D eigenvalue weighted by molar-refractivity contribution is 5.98. The van der Waals surface area contributed by atoms with E-state index in [1.807, 2.05) is 49.1 Å². The molecule has 0 fully saturated rings. The van der Waals surface area contributed by atoms with Gasteiger partial charge in [0, 0.05) is 30.0 Å². The normalized spacial score (nSPS) is 10.1. The number of benzene rings is 2. The van der Waals surface area contributed by atoms with Gasteiger partial charge < -0.3 is 15.5 Å². The number of nitrogens with zero attached hydrogens (tertiary/aromatic N) is 1. The first kappa shape index (κ1) is 17.5. The summed E-state index contributed by atoms with van der Waals surface area (Å²) in [4.78, 5) is 26.2. The van der Waals surface area contributed by atoms with Gasteiger partial charge in [-0.1, -0.05) is 24.3 Å². The molecule has 2 amide bonds. The van der Waals surface area contributed by atoms with Gasteiger partial charge in [-0.3, -0.25) is 9.59 Å². The van der Waals surface area contributed by atoms with Crippen LogP contribution in [-0.4, -0.2) is 31.4 Å². The maximum absolute atomic E-state index is 12.3. The molecule has 0 spiro atoms. The first-order chi connectivity index (χ1) is 11.6. The van der Waals surface area contributed by atoms with Crippen LogP contribution in [0.2, 0.25) is 0 Å². The summed E-state index contributed by atoms with van der Waals surface area (Å²) >= 11 is 0. The first-order valence-corrected chi connectivity index (χ1v) is 8.12. The molecule has 0 saturated heterocycles. The van der Waals surface area contributed by atoms with Crippen LogP contribution in [0, 0.1) is 0 Å². The second kappa shape index (κ2) is 8.72. The summed E-state index contributed by atoms with van der Waals surface area (Å²) in [5.41, 5.74) is 2.16. The van der Waals surface area contributed by atoms with E-state index in [-0.39, 0.29) is 18.4 Å². The molecule has 0 atom stereocenters. The number of hydrogen-bond donors (Lipinski definition) is 2. The van der Waals surface area contributed by atoms with E-state index in [0.29, 0.717) is 17.8 Å². The molecule has 2 rings (SSSR count). The Morgan fingerprint density at radius 1 is 1.00 bits per heavy atom. The summed E-state index contributed by atoms with van der Waals surface area (Å²) < 4.78 is 0. The molecule has 0 bridgehead atoms. The SMILES string of the molecule is CCNC(=O)c1cccc(NC(=O)CN(CC)c2ccccc2)c1. The third-order valence-electron chi connectivity index (χ3n) is 3.58. The van der Waals surface area contributed by atoms with Crippen LogP contribution in [0.1, 0.15) is 24.2 Å². The van der Waals surface area contributed by atoms with Crippen molar-refractivity contribution in [1.29, 1.82) is 0 Å². The molecule has 2 N–H and O–H groups in total. The number of nitrogens with one attached hydrogen (secondary N) is 2. The van der Waals surface area contributed by atoms with Gasteiger partial charge in [0.15, 0.2) is 0 Å². The lowest BCUT2D eigenvalue weighted by Gasteiger charge is -2.22. The van der Waals surface area contributed by atoms with Crippen LogP contribution in [0.4, 0.5) is 11.4 Å². The Kier molecular flexibility index (Phi) is 6.37. The molecule has 0 saturated carbocycles. The molecule has 0 unspecified atom stereocenters. The van der Waals surface area contributed by atoms with E-state index in [1.54, 1.807) is 24.3 Å². The zero-order chi connectivity index (χ0) is 17.4. The standard InChI is InChI=1S/C19H23N3O2/c1-3-20-19(24)15-9-8-10-16(13-15)21-18(23)14-22(4-2)17-11-6-5-7-12-17/h5-13H,3-4,14H2,1-2H3,(H,20,24)(H,21,23). The zero-order valence-corrected chi connectivity index (χ0v) is 14.1. The van der Waals surface area contributed by atoms with E-state index in [4.69, 9.17) is 0 Å². The van der Waals surface area contributed by atoms with Crippen molar-refractivity contribution in [3.05, 3.63) is 60.2 Å². The molecule has 0 radical (unpaired) electrons. The van der Waals surface area contributed by atoms with Crippen molar-refractivity contribution < 1.29 is 9.59 Å². The molecule has 0 heterocycles. The second-order valence-corrected chi connectivity index (χ2v) is 5.34. The Hall–Kier alpha value is -2.82. The van der Waals surface area contributed by atoms with Crippen LogP contribution < -0.4 is 15.5 Å². The van der Waals surface area contributed by atoms with Gasteiger partial charge in [0.2, 0.25) is 5.91 Å². The number of likely N-dealkylation sites (N-methyl/N-ethyl adjacent to an activating group) is 1. The highest BCUT2D eigenvalue weighted by Crippen LogP contribution is 2.14. The number of para-hydroxylation sites is 1. The van der Waals surface area contributed by atoms with Crippen LogP contribution in [0.15, 0.2) is 54.6 Å². The van der Waals surface area contributed by atoms with Crippen LogP contribution in [0.3, 0.4) is 0 Å². The van der Waals surface area contributed by atoms with Crippen molar-refractivity contribution in [3.63, 3.8) is 0 Å². The number of amides is 2. The molecule has 24 heavy (non-hydrogen) atoms. The van der Waals surface area contributed by atoms with E-state index in [9.17, 15) is 9.59 Å². The molecular weight excluding hydrogens is 302 g/mol. The summed E-state index contributed by atoms with van der Waals surface area (Å²) in [7, 11) is 0. The first-order valence-electron chi connectivity index (χ1n) is 8.12. The van der Waals surface area contributed by atoms with Crippen molar-refractivity contribution in [1.82, 2.24) is 5.32 Å². The van der Waals surface area contributed by atoms with E-state index < -0.39 is 0 Å². The van der Waals surface area contributed by atoms with E-state index in [0.717, 1.165) is 12.2 Å². The molecule has 0 aliphatic carbocycles. The number of carbonyl (C=O) groups is 2. The Balaban J connectivity index is 2.01. The third-order valence-corrected chi connectivity index (χ3v) is 3.58. The lowest BCUT2D eigenvalue weighted by molar-refractivity contribution is -0.115. The maximum Gasteiger partial charge on any atom is 0.251 e. The van der Waals surface area contributed by atoms with Gasteiger partial charge in [0.25, 0.3) is 5.91 Å². The number of hydrogen-bond acceptors (Lipinski definition) is 3. The molecule has 2 aromatic carbocycles. The minimum Gasteiger partial charge on any atom is -0.362 e. The molecule has 5 nitrogen and oxygen atoms in total. The Bertz CT molecular complexity index is 686. The minimum absolute atomic E-state index is 0.117. The average Bonchev–Trinajstić information content (AvgIpc) is 2.61. The molecule has 0 aliphatic heterocycles. The Labute approximate surface area is 142 Å². The molecule has 126 valence electrons. The summed E-state index contributed by atoms with van der Waals surface area (Å²) in [5.74, 6) is -0.262.